The second-order valence-electron chi connectivity index (χ2n) is 5.11. The number of nitrogens with zero attached hydrogens (tertiary/aromatic N) is 1. The Morgan fingerprint density at radius 1 is 1.47 bits per heavy atom. The maximum atomic E-state index is 11.2. The fraction of sp³-hybridized carbons (Fsp3) is 0.545. The number of nitrogens with one attached hydrogen (secondary N) is 1. The van der Waals surface area contributed by atoms with Gasteiger partial charge in [-0.3, -0.25) is 9.87 Å². The SMILES string of the molecule is CC1Nc2c(cc(S(=O)(=O)O)c[n+]2C)C1(C)C. The van der Waals surface area contributed by atoms with Gasteiger partial charge in [-0.15, -0.1) is 0 Å². The summed E-state index contributed by atoms with van der Waals surface area (Å²) in [5.41, 5.74) is 0.732. The minimum Gasteiger partial charge on any atom is -0.282 e. The Balaban J connectivity index is 2.72. The molecule has 1 aliphatic heterocycles. The molecule has 1 atom stereocenters. The van der Waals surface area contributed by atoms with Crippen LogP contribution in [0.3, 0.4) is 0 Å². The van der Waals surface area contributed by atoms with Gasteiger partial charge in [0.25, 0.3) is 15.9 Å². The van der Waals surface area contributed by atoms with Crippen molar-refractivity contribution in [3.63, 3.8) is 0 Å². The molecular formula is C11H17N2O3S+. The molecule has 0 aromatic carbocycles. The number of fused-ring (bicyclic) bond motifs is 1. The van der Waals surface area contributed by atoms with Crippen molar-refractivity contribution < 1.29 is 17.5 Å². The highest BCUT2D eigenvalue weighted by atomic mass is 32.2. The van der Waals surface area contributed by atoms with Gasteiger partial charge in [0.05, 0.1) is 12.6 Å². The number of pyridine rings is 1. The number of rotatable bonds is 1. The molecule has 1 aromatic heterocycles. The first-order valence-electron chi connectivity index (χ1n) is 5.42. The van der Waals surface area contributed by atoms with E-state index in [2.05, 4.69) is 5.32 Å². The number of hydrogen-bond acceptors (Lipinski definition) is 3. The zero-order valence-corrected chi connectivity index (χ0v) is 11.2. The van der Waals surface area contributed by atoms with Gasteiger partial charge in [-0.1, -0.05) is 13.8 Å². The number of anilines is 1. The number of aryl methyl sites for hydroxylation is 1. The van der Waals surface area contributed by atoms with Crippen molar-refractivity contribution in [3.05, 3.63) is 17.8 Å². The van der Waals surface area contributed by atoms with Crippen molar-refractivity contribution in [2.24, 2.45) is 7.05 Å². The molecule has 5 nitrogen and oxygen atoms in total. The highest BCUT2D eigenvalue weighted by Crippen LogP contribution is 2.39. The van der Waals surface area contributed by atoms with Crippen molar-refractivity contribution in [2.45, 2.75) is 37.1 Å². The van der Waals surface area contributed by atoms with Crippen molar-refractivity contribution >= 4 is 15.9 Å². The fourth-order valence-electron chi connectivity index (χ4n) is 2.12. The van der Waals surface area contributed by atoms with E-state index in [9.17, 15) is 8.42 Å². The minimum atomic E-state index is -4.16. The smallest absolute Gasteiger partial charge is 0.282 e. The van der Waals surface area contributed by atoms with Gasteiger partial charge < -0.3 is 0 Å². The van der Waals surface area contributed by atoms with Crippen molar-refractivity contribution in [2.75, 3.05) is 5.32 Å². The van der Waals surface area contributed by atoms with Crippen LogP contribution in [0.2, 0.25) is 0 Å². The maximum absolute atomic E-state index is 11.2. The summed E-state index contributed by atoms with van der Waals surface area (Å²) in [5, 5.41) is 3.32. The fourth-order valence-corrected chi connectivity index (χ4v) is 2.68. The van der Waals surface area contributed by atoms with Gasteiger partial charge in [0, 0.05) is 5.41 Å². The first-order valence-corrected chi connectivity index (χ1v) is 6.86. The maximum Gasteiger partial charge on any atom is 0.298 e. The van der Waals surface area contributed by atoms with Crippen LogP contribution in [0.1, 0.15) is 26.3 Å². The molecule has 94 valence electrons. The second-order valence-corrected chi connectivity index (χ2v) is 6.53. The predicted molar refractivity (Wildman–Crippen MR) is 63.5 cm³/mol. The molecule has 2 rings (SSSR count). The van der Waals surface area contributed by atoms with Crippen LogP contribution in [0.15, 0.2) is 17.2 Å². The normalized spacial score (nSPS) is 22.1. The largest absolute Gasteiger partial charge is 0.298 e. The summed E-state index contributed by atoms with van der Waals surface area (Å²) < 4.78 is 33.2. The van der Waals surface area contributed by atoms with Gasteiger partial charge in [0.1, 0.15) is 17.1 Å². The van der Waals surface area contributed by atoms with Crippen LogP contribution >= 0.6 is 0 Å². The Kier molecular flexibility index (Phi) is 2.48. The van der Waals surface area contributed by atoms with Crippen molar-refractivity contribution in [1.82, 2.24) is 0 Å². The number of aromatic nitrogens is 1. The molecule has 0 saturated heterocycles. The van der Waals surface area contributed by atoms with Gasteiger partial charge in [-0.2, -0.15) is 8.42 Å². The lowest BCUT2D eigenvalue weighted by Crippen LogP contribution is -2.33. The van der Waals surface area contributed by atoms with E-state index in [4.69, 9.17) is 4.55 Å². The third-order valence-electron chi connectivity index (χ3n) is 3.64. The van der Waals surface area contributed by atoms with Crippen molar-refractivity contribution in [1.29, 1.82) is 0 Å². The topological polar surface area (TPSA) is 70.3 Å². The first-order chi connectivity index (χ1) is 7.64. The summed E-state index contributed by atoms with van der Waals surface area (Å²) in [4.78, 5) is -0.0669. The summed E-state index contributed by atoms with van der Waals surface area (Å²) >= 11 is 0. The summed E-state index contributed by atoms with van der Waals surface area (Å²) in [5.74, 6) is 0.898. The summed E-state index contributed by atoms with van der Waals surface area (Å²) in [6.07, 6.45) is 1.41. The lowest BCUT2D eigenvalue weighted by Gasteiger charge is -2.20. The van der Waals surface area contributed by atoms with Crippen LogP contribution in [0.25, 0.3) is 0 Å². The molecule has 1 aromatic rings. The molecule has 2 N–H and O–H groups in total. The van der Waals surface area contributed by atoms with Crippen molar-refractivity contribution in [3.8, 4) is 0 Å². The van der Waals surface area contributed by atoms with Gasteiger partial charge in [-0.05, 0) is 13.0 Å². The zero-order chi connectivity index (χ0) is 13.0. The quantitative estimate of drug-likeness (QED) is 0.578. The van der Waals surface area contributed by atoms with E-state index in [-0.39, 0.29) is 16.4 Å². The molecule has 0 spiro atoms. The van der Waals surface area contributed by atoms with Crippen LogP contribution in [0.5, 0.6) is 0 Å². The van der Waals surface area contributed by atoms with E-state index in [1.165, 1.54) is 6.20 Å². The van der Waals surface area contributed by atoms with Crippen LogP contribution < -0.4 is 9.88 Å². The molecular weight excluding hydrogens is 240 g/mol. The van der Waals surface area contributed by atoms with Gasteiger partial charge in [0.2, 0.25) is 0 Å². The molecule has 0 bridgehead atoms. The van der Waals surface area contributed by atoms with E-state index in [0.717, 1.165) is 11.4 Å². The molecule has 0 fully saturated rings. The molecule has 0 amide bonds. The zero-order valence-electron chi connectivity index (χ0n) is 10.4. The Morgan fingerprint density at radius 3 is 2.59 bits per heavy atom. The molecule has 1 unspecified atom stereocenters. The minimum absolute atomic E-state index is 0.0669. The van der Waals surface area contributed by atoms with Gasteiger partial charge >= 0.3 is 0 Å². The highest BCUT2D eigenvalue weighted by Gasteiger charge is 2.44. The molecule has 6 heteroatoms. The third kappa shape index (κ3) is 1.81. The molecule has 2 heterocycles. The summed E-state index contributed by atoms with van der Waals surface area (Å²) in [6, 6.07) is 1.75. The second kappa shape index (κ2) is 3.43. The molecule has 0 radical (unpaired) electrons. The lowest BCUT2D eigenvalue weighted by atomic mass is 9.82. The van der Waals surface area contributed by atoms with E-state index in [0.29, 0.717) is 0 Å². The van der Waals surface area contributed by atoms with E-state index >= 15 is 0 Å². The molecule has 0 aliphatic carbocycles. The van der Waals surface area contributed by atoms with Crippen LogP contribution in [0, 0.1) is 0 Å². The highest BCUT2D eigenvalue weighted by molar-refractivity contribution is 7.85. The Hall–Kier alpha value is -1.14. The van der Waals surface area contributed by atoms with Crippen LogP contribution in [-0.4, -0.2) is 19.0 Å². The van der Waals surface area contributed by atoms with Crippen LogP contribution in [0.4, 0.5) is 5.82 Å². The Morgan fingerprint density at radius 2 is 2.06 bits per heavy atom. The molecule has 0 saturated carbocycles. The monoisotopic (exact) mass is 257 g/mol. The van der Waals surface area contributed by atoms with Gasteiger partial charge in [-0.25, -0.2) is 4.57 Å². The van der Waals surface area contributed by atoms with E-state index < -0.39 is 10.1 Å². The van der Waals surface area contributed by atoms with Gasteiger partial charge in [0.15, 0.2) is 0 Å². The van der Waals surface area contributed by atoms with E-state index in [1.54, 1.807) is 17.7 Å². The third-order valence-corrected chi connectivity index (χ3v) is 4.46. The Labute approximate surface area is 101 Å². The summed E-state index contributed by atoms with van der Waals surface area (Å²) in [7, 11) is -2.40. The standard InChI is InChI=1S/C11H16N2O3S/c1-7-11(2,3)9-5-8(17(14,15)16)6-13(4)10(9)12-7/h5-7H,1-4H3,(H,14,15,16)/p+1. The molecule has 1 aliphatic rings. The average Bonchev–Trinajstić information content (AvgIpc) is 2.39. The number of hydrogen-bond donors (Lipinski definition) is 2. The molecule has 17 heavy (non-hydrogen) atoms. The Bertz CT molecular complexity index is 579. The van der Waals surface area contributed by atoms with E-state index in [1.807, 2.05) is 20.8 Å². The first kappa shape index (κ1) is 12.3. The summed E-state index contributed by atoms with van der Waals surface area (Å²) in [6.45, 7) is 6.14. The predicted octanol–water partition coefficient (Wildman–Crippen LogP) is 0.849. The lowest BCUT2D eigenvalue weighted by molar-refractivity contribution is -0.659. The average molecular weight is 257 g/mol. The van der Waals surface area contributed by atoms with Crippen LogP contribution in [-0.2, 0) is 22.6 Å².